The minimum absolute atomic E-state index is 0.152. The molecule has 0 amide bonds. The topological polar surface area (TPSA) is 29.9 Å². The normalized spacial score (nSPS) is 12.7. The molecule has 0 saturated carbocycles. The SMILES string of the molecule is CCNC(C)c1ccc(-n2cnc(C)c2C)c(F)c1. The Balaban J connectivity index is 2.37. The fourth-order valence-corrected chi connectivity index (χ4v) is 2.15. The number of benzene rings is 1. The Morgan fingerprint density at radius 2 is 2.11 bits per heavy atom. The molecule has 0 radical (unpaired) electrons. The summed E-state index contributed by atoms with van der Waals surface area (Å²) in [5, 5.41) is 3.28. The van der Waals surface area contributed by atoms with Gasteiger partial charge < -0.3 is 9.88 Å². The summed E-state index contributed by atoms with van der Waals surface area (Å²) in [6.07, 6.45) is 1.66. The fraction of sp³-hybridized carbons (Fsp3) is 0.400. The van der Waals surface area contributed by atoms with Crippen molar-refractivity contribution >= 4 is 0 Å². The first-order chi connectivity index (χ1) is 9.04. The summed E-state index contributed by atoms with van der Waals surface area (Å²) in [5.41, 5.74) is 3.39. The first kappa shape index (κ1) is 13.7. The second-order valence-electron chi connectivity index (χ2n) is 4.78. The summed E-state index contributed by atoms with van der Waals surface area (Å²) in [6.45, 7) is 8.80. The van der Waals surface area contributed by atoms with Gasteiger partial charge in [0.2, 0.25) is 0 Å². The summed E-state index contributed by atoms with van der Waals surface area (Å²) in [5.74, 6) is -0.220. The summed E-state index contributed by atoms with van der Waals surface area (Å²) >= 11 is 0. The van der Waals surface area contributed by atoms with Gasteiger partial charge in [0.25, 0.3) is 0 Å². The number of aromatic nitrogens is 2. The second-order valence-corrected chi connectivity index (χ2v) is 4.78. The Morgan fingerprint density at radius 3 is 2.63 bits per heavy atom. The number of nitrogens with zero attached hydrogens (tertiary/aromatic N) is 2. The van der Waals surface area contributed by atoms with Crippen LogP contribution in [-0.4, -0.2) is 16.1 Å². The quantitative estimate of drug-likeness (QED) is 0.915. The first-order valence-electron chi connectivity index (χ1n) is 6.58. The van der Waals surface area contributed by atoms with Crippen molar-refractivity contribution in [2.24, 2.45) is 0 Å². The monoisotopic (exact) mass is 261 g/mol. The Bertz CT molecular complexity index is 575. The van der Waals surface area contributed by atoms with Crippen LogP contribution in [0.4, 0.5) is 4.39 Å². The molecule has 2 rings (SSSR count). The van der Waals surface area contributed by atoms with Gasteiger partial charge in [0.15, 0.2) is 0 Å². The van der Waals surface area contributed by atoms with E-state index in [1.54, 1.807) is 17.0 Å². The number of halogens is 1. The molecule has 102 valence electrons. The van der Waals surface area contributed by atoms with E-state index in [-0.39, 0.29) is 11.9 Å². The van der Waals surface area contributed by atoms with Gasteiger partial charge in [-0.25, -0.2) is 9.37 Å². The highest BCUT2D eigenvalue weighted by atomic mass is 19.1. The van der Waals surface area contributed by atoms with E-state index in [1.807, 2.05) is 39.8 Å². The molecule has 1 heterocycles. The average Bonchev–Trinajstić information content (AvgIpc) is 2.70. The van der Waals surface area contributed by atoms with Crippen LogP contribution in [0.3, 0.4) is 0 Å². The molecule has 4 heteroatoms. The minimum atomic E-state index is -0.220. The van der Waals surface area contributed by atoms with E-state index >= 15 is 0 Å². The lowest BCUT2D eigenvalue weighted by Gasteiger charge is -2.14. The zero-order chi connectivity index (χ0) is 14.0. The van der Waals surface area contributed by atoms with Gasteiger partial charge in [-0.1, -0.05) is 13.0 Å². The first-order valence-corrected chi connectivity index (χ1v) is 6.58. The largest absolute Gasteiger partial charge is 0.310 e. The lowest BCUT2D eigenvalue weighted by molar-refractivity contribution is 0.579. The van der Waals surface area contributed by atoms with E-state index in [9.17, 15) is 4.39 Å². The van der Waals surface area contributed by atoms with Crippen molar-refractivity contribution in [3.8, 4) is 5.69 Å². The Hall–Kier alpha value is -1.68. The van der Waals surface area contributed by atoms with Crippen LogP contribution in [0, 0.1) is 19.7 Å². The second kappa shape index (κ2) is 5.53. The molecule has 0 aliphatic carbocycles. The maximum Gasteiger partial charge on any atom is 0.147 e. The molecule has 1 N–H and O–H groups in total. The van der Waals surface area contributed by atoms with E-state index in [0.29, 0.717) is 5.69 Å². The van der Waals surface area contributed by atoms with Crippen molar-refractivity contribution in [1.29, 1.82) is 0 Å². The van der Waals surface area contributed by atoms with E-state index < -0.39 is 0 Å². The standard InChI is InChI=1S/C15H20FN3/c1-5-17-11(3)13-6-7-15(14(16)8-13)19-9-18-10(2)12(19)4/h6-9,11,17H,5H2,1-4H3. The zero-order valence-electron chi connectivity index (χ0n) is 11.9. The predicted octanol–water partition coefficient (Wildman–Crippen LogP) is 3.30. The van der Waals surface area contributed by atoms with Crippen LogP contribution in [-0.2, 0) is 0 Å². The van der Waals surface area contributed by atoms with Crippen LogP contribution in [0.15, 0.2) is 24.5 Å². The van der Waals surface area contributed by atoms with Gasteiger partial charge >= 0.3 is 0 Å². The zero-order valence-corrected chi connectivity index (χ0v) is 11.9. The van der Waals surface area contributed by atoms with Crippen LogP contribution in [0.25, 0.3) is 5.69 Å². The van der Waals surface area contributed by atoms with Crippen LogP contribution < -0.4 is 5.32 Å². The molecule has 1 unspecified atom stereocenters. The highest BCUT2D eigenvalue weighted by molar-refractivity contribution is 5.39. The third-order valence-corrected chi connectivity index (χ3v) is 3.49. The summed E-state index contributed by atoms with van der Waals surface area (Å²) < 4.78 is 16.0. The van der Waals surface area contributed by atoms with Crippen molar-refractivity contribution in [2.75, 3.05) is 6.54 Å². The predicted molar refractivity (Wildman–Crippen MR) is 75.1 cm³/mol. The molecular weight excluding hydrogens is 241 g/mol. The number of hydrogen-bond donors (Lipinski definition) is 1. The molecule has 0 aliphatic rings. The van der Waals surface area contributed by atoms with Crippen LogP contribution in [0.1, 0.15) is 36.8 Å². The van der Waals surface area contributed by atoms with Gasteiger partial charge in [-0.2, -0.15) is 0 Å². The molecule has 1 aromatic carbocycles. The maximum absolute atomic E-state index is 14.2. The van der Waals surface area contributed by atoms with Crippen LogP contribution in [0.2, 0.25) is 0 Å². The van der Waals surface area contributed by atoms with Crippen molar-refractivity contribution < 1.29 is 4.39 Å². The molecule has 0 bridgehead atoms. The minimum Gasteiger partial charge on any atom is -0.310 e. The summed E-state index contributed by atoms with van der Waals surface area (Å²) in [6, 6.07) is 5.52. The van der Waals surface area contributed by atoms with Crippen LogP contribution in [0.5, 0.6) is 0 Å². The maximum atomic E-state index is 14.2. The highest BCUT2D eigenvalue weighted by Gasteiger charge is 2.12. The van der Waals surface area contributed by atoms with E-state index in [2.05, 4.69) is 10.3 Å². The number of hydrogen-bond acceptors (Lipinski definition) is 2. The van der Waals surface area contributed by atoms with Crippen molar-refractivity contribution in [1.82, 2.24) is 14.9 Å². The molecule has 0 saturated heterocycles. The van der Waals surface area contributed by atoms with E-state index in [4.69, 9.17) is 0 Å². The Kier molecular flexibility index (Phi) is 4.00. The molecule has 19 heavy (non-hydrogen) atoms. The molecule has 3 nitrogen and oxygen atoms in total. The number of rotatable bonds is 4. The summed E-state index contributed by atoms with van der Waals surface area (Å²) in [7, 11) is 0. The van der Waals surface area contributed by atoms with E-state index in [1.165, 1.54) is 0 Å². The van der Waals surface area contributed by atoms with Gasteiger partial charge in [0, 0.05) is 11.7 Å². The van der Waals surface area contributed by atoms with E-state index in [0.717, 1.165) is 23.5 Å². The third-order valence-electron chi connectivity index (χ3n) is 3.49. The Morgan fingerprint density at radius 1 is 1.37 bits per heavy atom. The smallest absolute Gasteiger partial charge is 0.147 e. The molecule has 1 atom stereocenters. The lowest BCUT2D eigenvalue weighted by atomic mass is 10.1. The lowest BCUT2D eigenvalue weighted by Crippen LogP contribution is -2.18. The average molecular weight is 261 g/mol. The molecule has 0 aliphatic heterocycles. The van der Waals surface area contributed by atoms with Gasteiger partial charge in [0.05, 0.1) is 17.7 Å². The van der Waals surface area contributed by atoms with Gasteiger partial charge in [-0.05, 0) is 45.0 Å². The fourth-order valence-electron chi connectivity index (χ4n) is 2.15. The molecule has 2 aromatic rings. The molecular formula is C15H20FN3. The molecule has 0 spiro atoms. The Labute approximate surface area is 113 Å². The van der Waals surface area contributed by atoms with Gasteiger partial charge in [0.1, 0.15) is 5.82 Å². The van der Waals surface area contributed by atoms with Gasteiger partial charge in [-0.15, -0.1) is 0 Å². The van der Waals surface area contributed by atoms with Gasteiger partial charge in [-0.3, -0.25) is 0 Å². The summed E-state index contributed by atoms with van der Waals surface area (Å²) in [4.78, 5) is 4.20. The number of aryl methyl sites for hydroxylation is 1. The van der Waals surface area contributed by atoms with Crippen LogP contribution >= 0.6 is 0 Å². The molecule has 1 aromatic heterocycles. The molecule has 0 fully saturated rings. The van der Waals surface area contributed by atoms with Crippen molar-refractivity contribution in [2.45, 2.75) is 33.7 Å². The highest BCUT2D eigenvalue weighted by Crippen LogP contribution is 2.21. The van der Waals surface area contributed by atoms with Crippen molar-refractivity contribution in [3.05, 3.63) is 47.3 Å². The third kappa shape index (κ3) is 2.68. The number of nitrogens with one attached hydrogen (secondary N) is 1. The van der Waals surface area contributed by atoms with Crippen molar-refractivity contribution in [3.63, 3.8) is 0 Å². The number of imidazole rings is 1.